The third kappa shape index (κ3) is 4.39. The maximum absolute atomic E-state index is 13.7. The Bertz CT molecular complexity index is 836. The molecular formula is C18H20ClFN2O2S. The van der Waals surface area contributed by atoms with Gasteiger partial charge in [0.2, 0.25) is 10.0 Å². The Balaban J connectivity index is 1.57. The second kappa shape index (κ2) is 7.83. The molecule has 0 aliphatic carbocycles. The molecule has 134 valence electrons. The van der Waals surface area contributed by atoms with Crippen molar-refractivity contribution in [2.75, 3.05) is 32.7 Å². The lowest BCUT2D eigenvalue weighted by atomic mass is 10.1. The van der Waals surface area contributed by atoms with E-state index in [0.717, 1.165) is 0 Å². The van der Waals surface area contributed by atoms with Gasteiger partial charge in [-0.3, -0.25) is 0 Å². The highest BCUT2D eigenvalue weighted by molar-refractivity contribution is 7.89. The molecule has 1 aliphatic heterocycles. The van der Waals surface area contributed by atoms with Crippen LogP contribution in [0.4, 0.5) is 4.39 Å². The normalized spacial score (nSPS) is 16.9. The van der Waals surface area contributed by atoms with Gasteiger partial charge in [-0.15, -0.1) is 0 Å². The molecule has 2 aromatic rings. The summed E-state index contributed by atoms with van der Waals surface area (Å²) in [4.78, 5) is 2.39. The molecule has 0 atom stereocenters. The van der Waals surface area contributed by atoms with Gasteiger partial charge in [0, 0.05) is 37.7 Å². The molecule has 25 heavy (non-hydrogen) atoms. The summed E-state index contributed by atoms with van der Waals surface area (Å²) >= 11 is 5.90. The van der Waals surface area contributed by atoms with Crippen molar-refractivity contribution in [2.45, 2.75) is 11.3 Å². The summed E-state index contributed by atoms with van der Waals surface area (Å²) < 4.78 is 40.5. The van der Waals surface area contributed by atoms with Crippen LogP contribution in [-0.4, -0.2) is 50.3 Å². The van der Waals surface area contributed by atoms with Gasteiger partial charge in [-0.05, 0) is 36.2 Å². The van der Waals surface area contributed by atoms with Crippen molar-refractivity contribution in [2.24, 2.45) is 0 Å². The molecule has 0 radical (unpaired) electrons. The highest BCUT2D eigenvalue weighted by Gasteiger charge is 2.28. The van der Waals surface area contributed by atoms with Gasteiger partial charge in [0.05, 0.1) is 4.90 Å². The minimum atomic E-state index is -3.52. The summed E-state index contributed by atoms with van der Waals surface area (Å²) in [7, 11) is -3.52. The average Bonchev–Trinajstić information content (AvgIpc) is 2.61. The van der Waals surface area contributed by atoms with Crippen LogP contribution < -0.4 is 0 Å². The van der Waals surface area contributed by atoms with Crippen molar-refractivity contribution in [3.05, 3.63) is 64.9 Å². The van der Waals surface area contributed by atoms with Crippen LogP contribution in [0.15, 0.2) is 53.4 Å². The molecule has 7 heteroatoms. The second-order valence-electron chi connectivity index (χ2n) is 6.04. The van der Waals surface area contributed by atoms with E-state index in [1.807, 2.05) is 6.07 Å². The first-order valence-corrected chi connectivity index (χ1v) is 10.00. The smallest absolute Gasteiger partial charge is 0.243 e. The molecule has 0 saturated carbocycles. The molecule has 4 nitrogen and oxygen atoms in total. The van der Waals surface area contributed by atoms with E-state index in [1.54, 1.807) is 30.3 Å². The Labute approximate surface area is 152 Å². The molecule has 3 rings (SSSR count). The second-order valence-corrected chi connectivity index (χ2v) is 8.42. The van der Waals surface area contributed by atoms with Crippen molar-refractivity contribution < 1.29 is 12.8 Å². The molecule has 1 heterocycles. The predicted molar refractivity (Wildman–Crippen MR) is 96.8 cm³/mol. The van der Waals surface area contributed by atoms with Crippen LogP contribution in [0.1, 0.15) is 5.56 Å². The monoisotopic (exact) mass is 382 g/mol. The Morgan fingerprint density at radius 1 is 1.00 bits per heavy atom. The Morgan fingerprint density at radius 3 is 2.40 bits per heavy atom. The van der Waals surface area contributed by atoms with Crippen LogP contribution >= 0.6 is 11.6 Å². The number of halogens is 2. The van der Waals surface area contributed by atoms with Gasteiger partial charge in [-0.1, -0.05) is 35.9 Å². The van der Waals surface area contributed by atoms with E-state index in [2.05, 4.69) is 4.90 Å². The lowest BCUT2D eigenvalue weighted by Gasteiger charge is -2.34. The maximum atomic E-state index is 13.7. The van der Waals surface area contributed by atoms with Crippen LogP contribution in [0, 0.1) is 5.82 Å². The first kappa shape index (κ1) is 18.3. The van der Waals surface area contributed by atoms with Crippen molar-refractivity contribution in [1.29, 1.82) is 0 Å². The molecule has 0 bridgehead atoms. The number of hydrogen-bond donors (Lipinski definition) is 0. The van der Waals surface area contributed by atoms with Crippen LogP contribution in [0.2, 0.25) is 5.02 Å². The van der Waals surface area contributed by atoms with Gasteiger partial charge in [0.15, 0.2) is 0 Å². The minimum Gasteiger partial charge on any atom is -0.300 e. The third-order valence-corrected chi connectivity index (χ3v) is 6.55. The van der Waals surface area contributed by atoms with E-state index in [-0.39, 0.29) is 10.7 Å². The minimum absolute atomic E-state index is 0.190. The number of rotatable bonds is 5. The van der Waals surface area contributed by atoms with Crippen molar-refractivity contribution in [3.8, 4) is 0 Å². The van der Waals surface area contributed by atoms with Crippen LogP contribution in [0.25, 0.3) is 0 Å². The number of hydrogen-bond acceptors (Lipinski definition) is 3. The number of benzene rings is 2. The van der Waals surface area contributed by atoms with Crippen molar-refractivity contribution >= 4 is 21.6 Å². The summed E-state index contributed by atoms with van der Waals surface area (Å²) in [6, 6.07) is 13.1. The lowest BCUT2D eigenvalue weighted by Crippen LogP contribution is -2.49. The number of nitrogens with zero attached hydrogens (tertiary/aromatic N) is 2. The van der Waals surface area contributed by atoms with Gasteiger partial charge < -0.3 is 4.90 Å². The predicted octanol–water partition coefficient (Wildman–Crippen LogP) is 3.03. The molecule has 0 unspecified atom stereocenters. The van der Waals surface area contributed by atoms with Crippen molar-refractivity contribution in [3.63, 3.8) is 0 Å². The van der Waals surface area contributed by atoms with Gasteiger partial charge in [0.1, 0.15) is 5.82 Å². The highest BCUT2D eigenvalue weighted by Crippen LogP contribution is 2.21. The molecule has 0 spiro atoms. The molecule has 1 saturated heterocycles. The zero-order chi connectivity index (χ0) is 17.9. The van der Waals surface area contributed by atoms with E-state index in [0.29, 0.717) is 49.7 Å². The van der Waals surface area contributed by atoms with Crippen LogP contribution in [0.3, 0.4) is 0 Å². The molecular weight excluding hydrogens is 363 g/mol. The maximum Gasteiger partial charge on any atom is 0.243 e. The Kier molecular flexibility index (Phi) is 5.74. The van der Waals surface area contributed by atoms with E-state index < -0.39 is 10.0 Å². The summed E-state index contributed by atoms with van der Waals surface area (Å²) in [6.07, 6.45) is 0.619. The molecule has 1 fully saturated rings. The fraction of sp³-hybridized carbons (Fsp3) is 0.333. The third-order valence-electron chi connectivity index (χ3n) is 4.42. The summed E-state index contributed by atoms with van der Waals surface area (Å²) in [5, 5.41) is 0.407. The first-order valence-electron chi connectivity index (χ1n) is 8.18. The van der Waals surface area contributed by atoms with Crippen LogP contribution in [-0.2, 0) is 16.4 Å². The van der Waals surface area contributed by atoms with Gasteiger partial charge in [0.25, 0.3) is 0 Å². The summed E-state index contributed by atoms with van der Waals surface area (Å²) in [6.45, 7) is 2.83. The topological polar surface area (TPSA) is 40.6 Å². The molecule has 0 N–H and O–H groups in total. The largest absolute Gasteiger partial charge is 0.300 e. The fourth-order valence-corrected chi connectivity index (χ4v) is 4.67. The highest BCUT2D eigenvalue weighted by atomic mass is 35.5. The molecule has 1 aliphatic rings. The van der Waals surface area contributed by atoms with Gasteiger partial charge >= 0.3 is 0 Å². The van der Waals surface area contributed by atoms with E-state index in [1.165, 1.54) is 16.4 Å². The Hall–Kier alpha value is -1.47. The molecule has 0 amide bonds. The van der Waals surface area contributed by atoms with Gasteiger partial charge in [-0.25, -0.2) is 12.8 Å². The first-order chi connectivity index (χ1) is 12.0. The van der Waals surface area contributed by atoms with E-state index in [9.17, 15) is 12.8 Å². The van der Waals surface area contributed by atoms with Crippen LogP contribution in [0.5, 0.6) is 0 Å². The summed E-state index contributed by atoms with van der Waals surface area (Å²) in [5.41, 5.74) is 0.691. The Morgan fingerprint density at radius 2 is 1.72 bits per heavy atom. The number of sulfonamides is 1. The zero-order valence-electron chi connectivity index (χ0n) is 13.7. The van der Waals surface area contributed by atoms with Gasteiger partial charge in [-0.2, -0.15) is 4.31 Å². The van der Waals surface area contributed by atoms with E-state index in [4.69, 9.17) is 11.6 Å². The molecule has 2 aromatic carbocycles. The average molecular weight is 383 g/mol. The standard InChI is InChI=1S/C18H20ClFN2O2S/c19-16-5-3-6-17(14-16)25(23,24)22-12-10-21(11-13-22)9-8-15-4-1-2-7-18(15)20/h1-7,14H,8-13H2. The number of piperazine rings is 1. The lowest BCUT2D eigenvalue weighted by molar-refractivity contribution is 0.190. The quantitative estimate of drug-likeness (QED) is 0.798. The summed E-state index contributed by atoms with van der Waals surface area (Å²) in [5.74, 6) is -0.190. The molecule has 0 aromatic heterocycles. The SMILES string of the molecule is O=S(=O)(c1cccc(Cl)c1)N1CCN(CCc2ccccc2F)CC1. The fourth-order valence-electron chi connectivity index (χ4n) is 2.95. The zero-order valence-corrected chi connectivity index (χ0v) is 15.3. The van der Waals surface area contributed by atoms with Crippen molar-refractivity contribution in [1.82, 2.24) is 9.21 Å². The van der Waals surface area contributed by atoms with E-state index >= 15 is 0 Å².